The van der Waals surface area contributed by atoms with Crippen LogP contribution in [-0.4, -0.2) is 46.0 Å². The molecule has 2 aromatic carbocycles. The van der Waals surface area contributed by atoms with Gasteiger partial charge in [-0.1, -0.05) is 37.7 Å². The molecule has 0 fully saturated rings. The van der Waals surface area contributed by atoms with E-state index in [9.17, 15) is 12.8 Å². The number of sulfonamides is 1. The minimum Gasteiger partial charge on any atom is -0.338 e. The number of fused-ring (bicyclic) bond motifs is 3. The van der Waals surface area contributed by atoms with Crippen molar-refractivity contribution in [1.82, 2.24) is 24.5 Å². The number of aromatic nitrogens is 4. The fourth-order valence-electron chi connectivity index (χ4n) is 3.24. The maximum absolute atomic E-state index is 13.3. The number of hydrogen-bond acceptors (Lipinski definition) is 6. The first-order valence-corrected chi connectivity index (χ1v) is 11.9. The van der Waals surface area contributed by atoms with Gasteiger partial charge in [0.2, 0.25) is 15.2 Å². The van der Waals surface area contributed by atoms with E-state index in [0.717, 1.165) is 11.1 Å². The normalized spacial score (nSPS) is 12.3. The molecule has 0 saturated heterocycles. The molecule has 0 aliphatic heterocycles. The number of nitrogens with zero attached hydrogens (tertiary/aromatic N) is 4. The first-order chi connectivity index (χ1) is 14.4. The number of nitrogens with one attached hydrogen (secondary N) is 1. The molecule has 0 aliphatic rings. The van der Waals surface area contributed by atoms with Crippen molar-refractivity contribution < 1.29 is 12.8 Å². The molecule has 30 heavy (non-hydrogen) atoms. The van der Waals surface area contributed by atoms with Crippen LogP contribution in [0.3, 0.4) is 0 Å². The van der Waals surface area contributed by atoms with Crippen molar-refractivity contribution in [2.75, 3.05) is 13.1 Å². The molecule has 4 aromatic rings. The Morgan fingerprint density at radius 3 is 2.63 bits per heavy atom. The SMILES string of the molecule is CCN(CC)S(=O)(=O)c1ccc2[nH]c3nc(SCc4cccc(F)c4)nnc3c2c1. The summed E-state index contributed by atoms with van der Waals surface area (Å²) < 4.78 is 40.4. The molecule has 0 radical (unpaired) electrons. The number of thioether (sulfide) groups is 1. The van der Waals surface area contributed by atoms with E-state index in [1.54, 1.807) is 24.3 Å². The summed E-state index contributed by atoms with van der Waals surface area (Å²) >= 11 is 1.35. The highest BCUT2D eigenvalue weighted by atomic mass is 32.2. The van der Waals surface area contributed by atoms with Gasteiger partial charge >= 0.3 is 0 Å². The van der Waals surface area contributed by atoms with Crippen molar-refractivity contribution in [2.24, 2.45) is 0 Å². The average Bonchev–Trinajstić information content (AvgIpc) is 3.10. The Balaban J connectivity index is 1.66. The minimum absolute atomic E-state index is 0.214. The van der Waals surface area contributed by atoms with E-state index in [0.29, 0.717) is 40.5 Å². The standard InChI is InChI=1S/C20H20FN5O2S2/c1-3-26(4-2)30(27,28)15-8-9-17-16(11-15)18-19(22-17)23-20(25-24-18)29-12-13-6-5-7-14(21)10-13/h5-11H,3-4,12H2,1-2H3,(H,22,23,25). The molecule has 10 heteroatoms. The first-order valence-electron chi connectivity index (χ1n) is 9.46. The molecule has 1 N–H and O–H groups in total. The molecule has 0 spiro atoms. The van der Waals surface area contributed by atoms with Crippen LogP contribution in [0, 0.1) is 5.82 Å². The summed E-state index contributed by atoms with van der Waals surface area (Å²) in [6.07, 6.45) is 0. The van der Waals surface area contributed by atoms with E-state index in [1.165, 1.54) is 28.2 Å². The Morgan fingerprint density at radius 1 is 1.10 bits per heavy atom. The van der Waals surface area contributed by atoms with Gasteiger partial charge < -0.3 is 4.98 Å². The highest BCUT2D eigenvalue weighted by Crippen LogP contribution is 2.28. The zero-order valence-corrected chi connectivity index (χ0v) is 18.1. The third-order valence-corrected chi connectivity index (χ3v) is 7.72. The highest BCUT2D eigenvalue weighted by molar-refractivity contribution is 7.98. The Bertz CT molecular complexity index is 1320. The molecule has 4 rings (SSSR count). The summed E-state index contributed by atoms with van der Waals surface area (Å²) in [4.78, 5) is 7.87. The third-order valence-electron chi connectivity index (χ3n) is 4.77. The van der Waals surface area contributed by atoms with E-state index in [2.05, 4.69) is 20.2 Å². The van der Waals surface area contributed by atoms with Crippen LogP contribution in [0.1, 0.15) is 19.4 Å². The lowest BCUT2D eigenvalue weighted by Gasteiger charge is -2.18. The van der Waals surface area contributed by atoms with Crippen LogP contribution in [0.5, 0.6) is 0 Å². The van der Waals surface area contributed by atoms with Gasteiger partial charge in [0, 0.05) is 29.7 Å². The van der Waals surface area contributed by atoms with Gasteiger partial charge in [0.25, 0.3) is 0 Å². The molecular formula is C20H20FN5O2S2. The molecule has 2 heterocycles. The molecule has 156 valence electrons. The van der Waals surface area contributed by atoms with Gasteiger partial charge in [0.1, 0.15) is 11.3 Å². The molecule has 0 saturated carbocycles. The topological polar surface area (TPSA) is 91.8 Å². The smallest absolute Gasteiger partial charge is 0.243 e. The maximum Gasteiger partial charge on any atom is 0.243 e. The van der Waals surface area contributed by atoms with Crippen molar-refractivity contribution in [1.29, 1.82) is 0 Å². The molecule has 2 aromatic heterocycles. The minimum atomic E-state index is -3.57. The molecule has 0 unspecified atom stereocenters. The van der Waals surface area contributed by atoms with Gasteiger partial charge in [-0.2, -0.15) is 4.31 Å². The highest BCUT2D eigenvalue weighted by Gasteiger charge is 2.22. The quantitative estimate of drug-likeness (QED) is 0.433. The van der Waals surface area contributed by atoms with Crippen LogP contribution in [-0.2, 0) is 15.8 Å². The third kappa shape index (κ3) is 3.90. The van der Waals surface area contributed by atoms with Crippen molar-refractivity contribution in [3.05, 3.63) is 53.8 Å². The van der Waals surface area contributed by atoms with E-state index in [4.69, 9.17) is 0 Å². The van der Waals surface area contributed by atoms with Gasteiger partial charge in [-0.3, -0.25) is 0 Å². The summed E-state index contributed by atoms with van der Waals surface area (Å²) in [6.45, 7) is 4.42. The van der Waals surface area contributed by atoms with E-state index in [1.807, 2.05) is 19.9 Å². The van der Waals surface area contributed by atoms with Crippen molar-refractivity contribution in [3.63, 3.8) is 0 Å². The first kappa shape index (κ1) is 20.7. The second kappa shape index (κ2) is 8.29. The Hall–Kier alpha value is -2.56. The predicted molar refractivity (Wildman–Crippen MR) is 115 cm³/mol. The number of benzene rings is 2. The monoisotopic (exact) mass is 445 g/mol. The van der Waals surface area contributed by atoms with Crippen LogP contribution in [0.25, 0.3) is 22.1 Å². The molecule has 0 bridgehead atoms. The summed E-state index contributed by atoms with van der Waals surface area (Å²) in [5, 5.41) is 9.52. The Labute approximate surface area is 177 Å². The summed E-state index contributed by atoms with van der Waals surface area (Å²) in [5.74, 6) is 0.228. The summed E-state index contributed by atoms with van der Waals surface area (Å²) in [6, 6.07) is 11.3. The molecule has 0 amide bonds. The lowest BCUT2D eigenvalue weighted by molar-refractivity contribution is 0.445. The molecule has 0 aliphatic carbocycles. The lowest BCUT2D eigenvalue weighted by atomic mass is 10.2. The number of aromatic amines is 1. The Morgan fingerprint density at radius 2 is 1.90 bits per heavy atom. The van der Waals surface area contributed by atoms with Crippen molar-refractivity contribution in [2.45, 2.75) is 29.7 Å². The maximum atomic E-state index is 13.3. The second-order valence-corrected chi connectivity index (χ2v) is 9.51. The number of rotatable bonds is 7. The van der Waals surface area contributed by atoms with Crippen molar-refractivity contribution in [3.8, 4) is 0 Å². The largest absolute Gasteiger partial charge is 0.338 e. The number of halogens is 1. The van der Waals surface area contributed by atoms with Gasteiger partial charge in [-0.25, -0.2) is 17.8 Å². The van der Waals surface area contributed by atoms with Crippen LogP contribution in [0.2, 0.25) is 0 Å². The Kier molecular flexibility index (Phi) is 5.72. The van der Waals surface area contributed by atoms with Gasteiger partial charge in [0.15, 0.2) is 5.65 Å². The molecule has 7 nitrogen and oxygen atoms in total. The molecule has 0 atom stereocenters. The van der Waals surface area contributed by atoms with Crippen LogP contribution in [0.15, 0.2) is 52.5 Å². The number of H-pyrrole nitrogens is 1. The molecular weight excluding hydrogens is 425 g/mol. The van der Waals surface area contributed by atoms with Crippen LogP contribution < -0.4 is 0 Å². The van der Waals surface area contributed by atoms with Gasteiger partial charge in [-0.05, 0) is 35.9 Å². The summed E-state index contributed by atoms with van der Waals surface area (Å²) in [5.41, 5.74) is 2.60. The van der Waals surface area contributed by atoms with E-state index in [-0.39, 0.29) is 10.7 Å². The van der Waals surface area contributed by atoms with Crippen LogP contribution in [0.4, 0.5) is 4.39 Å². The zero-order valence-electron chi connectivity index (χ0n) is 16.5. The fourth-order valence-corrected chi connectivity index (χ4v) is 5.46. The van der Waals surface area contributed by atoms with Gasteiger partial charge in [0.05, 0.1) is 4.90 Å². The van der Waals surface area contributed by atoms with Crippen molar-refractivity contribution >= 4 is 43.9 Å². The lowest BCUT2D eigenvalue weighted by Crippen LogP contribution is -2.30. The van der Waals surface area contributed by atoms with Gasteiger partial charge in [-0.15, -0.1) is 10.2 Å². The number of hydrogen-bond donors (Lipinski definition) is 1. The predicted octanol–water partition coefficient (Wildman–Crippen LogP) is 3.97. The second-order valence-electron chi connectivity index (χ2n) is 6.63. The average molecular weight is 446 g/mol. The fraction of sp³-hybridized carbons (Fsp3) is 0.250. The van der Waals surface area contributed by atoms with E-state index >= 15 is 0 Å². The zero-order chi connectivity index (χ0) is 21.3. The van der Waals surface area contributed by atoms with Crippen LogP contribution >= 0.6 is 11.8 Å². The summed E-state index contributed by atoms with van der Waals surface area (Å²) in [7, 11) is -3.57. The van der Waals surface area contributed by atoms with E-state index < -0.39 is 10.0 Å².